The topological polar surface area (TPSA) is 84.9 Å². The first-order valence-electron chi connectivity index (χ1n) is 8.56. The molecular formula is C19H28N2O5. The number of ether oxygens (including phenoxy) is 2. The number of esters is 1. The van der Waals surface area contributed by atoms with Crippen LogP contribution in [-0.2, 0) is 25.7 Å². The van der Waals surface area contributed by atoms with E-state index in [9.17, 15) is 14.4 Å². The van der Waals surface area contributed by atoms with Gasteiger partial charge in [0.05, 0.1) is 0 Å². The molecule has 1 aromatic rings. The van der Waals surface area contributed by atoms with Crippen LogP contribution in [0.2, 0.25) is 0 Å². The second-order valence-electron chi connectivity index (χ2n) is 6.95. The number of rotatable bonds is 7. The van der Waals surface area contributed by atoms with E-state index in [0.717, 1.165) is 5.56 Å². The number of amides is 2. The highest BCUT2D eigenvalue weighted by atomic mass is 16.6. The third-order valence-corrected chi connectivity index (χ3v) is 3.38. The molecule has 26 heavy (non-hydrogen) atoms. The zero-order valence-corrected chi connectivity index (χ0v) is 16.1. The molecule has 0 aliphatic rings. The molecule has 0 aromatic heterocycles. The number of nitrogens with zero attached hydrogens (tertiary/aromatic N) is 1. The SMILES string of the molecule is CC[C@H](NC(=O)OC(C)(C)C)C(=O)N(C)CC(=O)OCc1ccccc1. The molecule has 7 heteroatoms. The Morgan fingerprint density at radius 2 is 1.77 bits per heavy atom. The Morgan fingerprint density at radius 1 is 1.15 bits per heavy atom. The summed E-state index contributed by atoms with van der Waals surface area (Å²) in [5.74, 6) is -0.896. The van der Waals surface area contributed by atoms with Crippen molar-refractivity contribution in [2.75, 3.05) is 13.6 Å². The van der Waals surface area contributed by atoms with Gasteiger partial charge in [-0.05, 0) is 32.8 Å². The van der Waals surface area contributed by atoms with Gasteiger partial charge in [0.25, 0.3) is 0 Å². The van der Waals surface area contributed by atoms with Crippen molar-refractivity contribution in [3.63, 3.8) is 0 Å². The lowest BCUT2D eigenvalue weighted by atomic mass is 10.2. The third kappa shape index (κ3) is 8.00. The van der Waals surface area contributed by atoms with E-state index in [1.165, 1.54) is 11.9 Å². The smallest absolute Gasteiger partial charge is 0.408 e. The maximum absolute atomic E-state index is 12.4. The van der Waals surface area contributed by atoms with Crippen molar-refractivity contribution in [2.24, 2.45) is 0 Å². The number of carbonyl (C=O) groups is 3. The lowest BCUT2D eigenvalue weighted by Crippen LogP contribution is -2.49. The highest BCUT2D eigenvalue weighted by Gasteiger charge is 2.26. The summed E-state index contributed by atoms with van der Waals surface area (Å²) < 4.78 is 10.3. The van der Waals surface area contributed by atoms with Crippen LogP contribution < -0.4 is 5.32 Å². The van der Waals surface area contributed by atoms with Crippen molar-refractivity contribution < 1.29 is 23.9 Å². The standard InChI is InChI=1S/C19H28N2O5/c1-6-15(20-18(24)26-19(2,3)4)17(23)21(5)12-16(22)25-13-14-10-8-7-9-11-14/h7-11,15H,6,12-13H2,1-5H3,(H,20,24)/t15-/m0/s1. The normalized spacial score (nSPS) is 12.0. The van der Waals surface area contributed by atoms with Gasteiger partial charge in [0.15, 0.2) is 0 Å². The minimum atomic E-state index is -0.767. The molecular weight excluding hydrogens is 336 g/mol. The van der Waals surface area contributed by atoms with E-state index >= 15 is 0 Å². The first-order valence-corrected chi connectivity index (χ1v) is 8.56. The number of nitrogens with one attached hydrogen (secondary N) is 1. The van der Waals surface area contributed by atoms with Gasteiger partial charge in [-0.15, -0.1) is 0 Å². The van der Waals surface area contributed by atoms with E-state index in [-0.39, 0.29) is 19.1 Å². The molecule has 0 saturated carbocycles. The van der Waals surface area contributed by atoms with Gasteiger partial charge in [0.1, 0.15) is 24.8 Å². The van der Waals surface area contributed by atoms with Crippen molar-refractivity contribution in [2.45, 2.75) is 52.4 Å². The summed E-state index contributed by atoms with van der Waals surface area (Å²) in [6, 6.07) is 8.51. The Kier molecular flexibility index (Phi) is 8.09. The van der Waals surface area contributed by atoms with Gasteiger partial charge in [-0.1, -0.05) is 37.3 Å². The maximum Gasteiger partial charge on any atom is 0.408 e. The molecule has 0 heterocycles. The number of hydrogen-bond acceptors (Lipinski definition) is 5. The van der Waals surface area contributed by atoms with E-state index in [4.69, 9.17) is 9.47 Å². The predicted octanol–water partition coefficient (Wildman–Crippen LogP) is 2.49. The van der Waals surface area contributed by atoms with Crippen molar-refractivity contribution >= 4 is 18.0 Å². The van der Waals surface area contributed by atoms with E-state index in [1.807, 2.05) is 30.3 Å². The lowest BCUT2D eigenvalue weighted by molar-refractivity contribution is -0.150. The number of carbonyl (C=O) groups excluding carboxylic acids is 3. The van der Waals surface area contributed by atoms with Crippen LogP contribution in [0, 0.1) is 0 Å². The molecule has 7 nitrogen and oxygen atoms in total. The Balaban J connectivity index is 2.50. The highest BCUT2D eigenvalue weighted by Crippen LogP contribution is 2.08. The van der Waals surface area contributed by atoms with Gasteiger partial charge in [0.2, 0.25) is 5.91 Å². The van der Waals surface area contributed by atoms with Gasteiger partial charge in [-0.2, -0.15) is 0 Å². The van der Waals surface area contributed by atoms with Gasteiger partial charge in [0, 0.05) is 7.05 Å². The average Bonchev–Trinajstić information content (AvgIpc) is 2.56. The lowest BCUT2D eigenvalue weighted by Gasteiger charge is -2.25. The zero-order chi connectivity index (χ0) is 19.7. The Bertz CT molecular complexity index is 610. The monoisotopic (exact) mass is 364 g/mol. The quantitative estimate of drug-likeness (QED) is 0.752. The van der Waals surface area contributed by atoms with Gasteiger partial charge in [-0.3, -0.25) is 9.59 Å². The van der Waals surface area contributed by atoms with Crippen LogP contribution in [-0.4, -0.2) is 48.1 Å². The van der Waals surface area contributed by atoms with Crippen LogP contribution in [0.5, 0.6) is 0 Å². The predicted molar refractivity (Wildman–Crippen MR) is 97.3 cm³/mol. The molecule has 1 N–H and O–H groups in total. The second-order valence-corrected chi connectivity index (χ2v) is 6.95. The summed E-state index contributed by atoms with van der Waals surface area (Å²) in [6.07, 6.45) is -0.292. The fraction of sp³-hybridized carbons (Fsp3) is 0.526. The molecule has 0 unspecified atom stereocenters. The molecule has 0 radical (unpaired) electrons. The van der Waals surface area contributed by atoms with Crippen LogP contribution in [0.1, 0.15) is 39.7 Å². The molecule has 144 valence electrons. The third-order valence-electron chi connectivity index (χ3n) is 3.38. The van der Waals surface area contributed by atoms with E-state index in [0.29, 0.717) is 6.42 Å². The van der Waals surface area contributed by atoms with E-state index in [1.54, 1.807) is 27.7 Å². The first kappa shape index (κ1) is 21.5. The van der Waals surface area contributed by atoms with Gasteiger partial charge in [-0.25, -0.2) is 4.79 Å². The fourth-order valence-electron chi connectivity index (χ4n) is 2.11. The molecule has 0 aliphatic carbocycles. The zero-order valence-electron chi connectivity index (χ0n) is 16.1. The molecule has 0 bridgehead atoms. The average molecular weight is 364 g/mol. The van der Waals surface area contributed by atoms with Crippen LogP contribution in [0.4, 0.5) is 4.79 Å². The molecule has 2 amide bonds. The number of benzene rings is 1. The van der Waals surface area contributed by atoms with E-state index in [2.05, 4.69) is 5.32 Å². The molecule has 0 spiro atoms. The number of hydrogen-bond donors (Lipinski definition) is 1. The fourth-order valence-corrected chi connectivity index (χ4v) is 2.11. The number of alkyl carbamates (subject to hydrolysis) is 1. The molecule has 0 fully saturated rings. The summed E-state index contributed by atoms with van der Waals surface area (Å²) in [4.78, 5) is 37.4. The minimum Gasteiger partial charge on any atom is -0.459 e. The maximum atomic E-state index is 12.4. The number of likely N-dealkylation sites (N-methyl/N-ethyl adjacent to an activating group) is 1. The minimum absolute atomic E-state index is 0.148. The first-order chi connectivity index (χ1) is 12.1. The largest absolute Gasteiger partial charge is 0.459 e. The Morgan fingerprint density at radius 3 is 2.31 bits per heavy atom. The van der Waals surface area contributed by atoms with Gasteiger partial charge >= 0.3 is 12.1 Å². The van der Waals surface area contributed by atoms with Crippen LogP contribution >= 0.6 is 0 Å². The highest BCUT2D eigenvalue weighted by molar-refractivity contribution is 5.88. The molecule has 1 atom stereocenters. The molecule has 0 saturated heterocycles. The summed E-state index contributed by atoms with van der Waals surface area (Å²) in [5.41, 5.74) is 0.214. The molecule has 1 aromatic carbocycles. The second kappa shape index (κ2) is 9.79. The van der Waals surface area contributed by atoms with Crippen molar-refractivity contribution in [3.8, 4) is 0 Å². The molecule has 0 aliphatic heterocycles. The summed E-state index contributed by atoms with van der Waals surface area (Å²) in [7, 11) is 1.49. The van der Waals surface area contributed by atoms with Crippen LogP contribution in [0.3, 0.4) is 0 Å². The van der Waals surface area contributed by atoms with Crippen molar-refractivity contribution in [1.29, 1.82) is 0 Å². The Labute approximate surface area is 154 Å². The van der Waals surface area contributed by atoms with Gasteiger partial charge < -0.3 is 19.7 Å². The van der Waals surface area contributed by atoms with Crippen molar-refractivity contribution in [3.05, 3.63) is 35.9 Å². The van der Waals surface area contributed by atoms with Crippen LogP contribution in [0.15, 0.2) is 30.3 Å². The summed E-state index contributed by atoms with van der Waals surface area (Å²) in [6.45, 7) is 6.94. The Hall–Kier alpha value is -2.57. The summed E-state index contributed by atoms with van der Waals surface area (Å²) >= 11 is 0. The molecule has 1 rings (SSSR count). The van der Waals surface area contributed by atoms with Crippen LogP contribution in [0.25, 0.3) is 0 Å². The van der Waals surface area contributed by atoms with Crippen molar-refractivity contribution in [1.82, 2.24) is 10.2 Å². The van der Waals surface area contributed by atoms with E-state index < -0.39 is 23.7 Å². The summed E-state index contributed by atoms with van der Waals surface area (Å²) in [5, 5.41) is 2.53.